The maximum Gasteiger partial charge on any atom is 0.267 e. The topological polar surface area (TPSA) is 64.0 Å². The molecule has 32 heavy (non-hydrogen) atoms. The molecule has 162 valence electrons. The van der Waals surface area contributed by atoms with Crippen molar-refractivity contribution in [2.45, 2.75) is 31.3 Å². The number of carbonyl (C=O) groups excluding carboxylic acids is 1. The molecule has 1 N–H and O–H groups in total. The SMILES string of the molecule is CC1CCc2c(sc3nc(SCC(=O)Nc4ccccc4)n(-c4ccccc4)c(=O)c23)C1. The fourth-order valence-electron chi connectivity index (χ4n) is 4.12. The van der Waals surface area contributed by atoms with Crippen LogP contribution in [0, 0.1) is 5.92 Å². The summed E-state index contributed by atoms with van der Waals surface area (Å²) in [6, 6.07) is 18.9. The maximum atomic E-state index is 13.7. The van der Waals surface area contributed by atoms with Crippen molar-refractivity contribution >= 4 is 44.9 Å². The van der Waals surface area contributed by atoms with E-state index in [-0.39, 0.29) is 17.2 Å². The zero-order chi connectivity index (χ0) is 22.1. The summed E-state index contributed by atoms with van der Waals surface area (Å²) in [5.74, 6) is 0.666. The lowest BCUT2D eigenvalue weighted by Crippen LogP contribution is -2.23. The first kappa shape index (κ1) is 21.0. The molecule has 0 saturated heterocycles. The number of benzene rings is 2. The molecule has 4 aromatic rings. The van der Waals surface area contributed by atoms with Crippen molar-refractivity contribution in [3.63, 3.8) is 0 Å². The van der Waals surface area contributed by atoms with Gasteiger partial charge in [-0.25, -0.2) is 4.98 Å². The number of carbonyl (C=O) groups is 1. The predicted octanol–water partition coefficient (Wildman–Crippen LogP) is 5.30. The van der Waals surface area contributed by atoms with Gasteiger partial charge >= 0.3 is 0 Å². The average Bonchev–Trinajstić information content (AvgIpc) is 3.16. The summed E-state index contributed by atoms with van der Waals surface area (Å²) < 4.78 is 1.66. The van der Waals surface area contributed by atoms with Crippen molar-refractivity contribution in [2.24, 2.45) is 5.92 Å². The van der Waals surface area contributed by atoms with E-state index in [1.165, 1.54) is 22.2 Å². The molecule has 1 aliphatic rings. The molecule has 5 rings (SSSR count). The van der Waals surface area contributed by atoms with Crippen LogP contribution in [0.15, 0.2) is 70.6 Å². The van der Waals surface area contributed by atoms with Gasteiger partial charge in [0, 0.05) is 10.6 Å². The van der Waals surface area contributed by atoms with E-state index in [1.807, 2.05) is 60.7 Å². The predicted molar refractivity (Wildman–Crippen MR) is 132 cm³/mol. The van der Waals surface area contributed by atoms with Crippen molar-refractivity contribution in [1.82, 2.24) is 9.55 Å². The van der Waals surface area contributed by atoms with Crippen LogP contribution >= 0.6 is 23.1 Å². The standard InChI is InChI=1S/C25H23N3O2S2/c1-16-12-13-19-20(14-16)32-23-22(19)24(30)28(18-10-6-3-7-11-18)25(27-23)31-15-21(29)26-17-8-4-2-5-9-17/h2-11,16H,12-15H2,1H3,(H,26,29). The van der Waals surface area contributed by atoms with Gasteiger partial charge in [-0.3, -0.25) is 14.2 Å². The minimum absolute atomic E-state index is 0.0424. The number of hydrogen-bond donors (Lipinski definition) is 1. The minimum atomic E-state index is -0.130. The number of hydrogen-bond acceptors (Lipinski definition) is 5. The van der Waals surface area contributed by atoms with Crippen LogP contribution in [-0.2, 0) is 17.6 Å². The quantitative estimate of drug-likeness (QED) is 0.323. The Bertz CT molecular complexity index is 1330. The molecule has 0 saturated carbocycles. The number of rotatable bonds is 5. The summed E-state index contributed by atoms with van der Waals surface area (Å²) in [6.45, 7) is 2.26. The highest BCUT2D eigenvalue weighted by molar-refractivity contribution is 7.99. The third kappa shape index (κ3) is 4.10. The molecule has 2 aromatic heterocycles. The van der Waals surface area contributed by atoms with Crippen molar-refractivity contribution in [1.29, 1.82) is 0 Å². The Morgan fingerprint density at radius 3 is 2.62 bits per heavy atom. The lowest BCUT2D eigenvalue weighted by molar-refractivity contribution is -0.113. The van der Waals surface area contributed by atoms with Crippen molar-refractivity contribution < 1.29 is 4.79 Å². The van der Waals surface area contributed by atoms with Crippen LogP contribution in [0.5, 0.6) is 0 Å². The molecule has 0 spiro atoms. The summed E-state index contributed by atoms with van der Waals surface area (Å²) in [7, 11) is 0. The molecule has 0 radical (unpaired) electrons. The first-order valence-electron chi connectivity index (χ1n) is 10.7. The van der Waals surface area contributed by atoms with Crippen LogP contribution in [0.2, 0.25) is 0 Å². The largest absolute Gasteiger partial charge is 0.325 e. The summed E-state index contributed by atoms with van der Waals surface area (Å²) in [4.78, 5) is 33.2. The van der Waals surface area contributed by atoms with E-state index in [4.69, 9.17) is 4.98 Å². The van der Waals surface area contributed by atoms with E-state index in [0.29, 0.717) is 11.1 Å². The Morgan fingerprint density at radius 2 is 1.88 bits per heavy atom. The van der Waals surface area contributed by atoms with Gasteiger partial charge in [-0.2, -0.15) is 0 Å². The number of amides is 1. The average molecular weight is 462 g/mol. The first-order valence-corrected chi connectivity index (χ1v) is 12.5. The fourth-order valence-corrected chi connectivity index (χ4v) is 6.36. The van der Waals surface area contributed by atoms with Crippen molar-refractivity contribution in [3.05, 3.63) is 81.5 Å². The third-order valence-electron chi connectivity index (χ3n) is 5.70. The minimum Gasteiger partial charge on any atom is -0.325 e. The molecule has 2 aromatic carbocycles. The van der Waals surface area contributed by atoms with E-state index in [1.54, 1.807) is 15.9 Å². The Hall–Kier alpha value is -2.90. The molecule has 5 nitrogen and oxygen atoms in total. The molecule has 0 aliphatic heterocycles. The Morgan fingerprint density at radius 1 is 1.16 bits per heavy atom. The molecule has 2 heterocycles. The third-order valence-corrected chi connectivity index (χ3v) is 7.79. The number of anilines is 1. The van der Waals surface area contributed by atoms with Crippen molar-refractivity contribution in [2.75, 3.05) is 11.1 Å². The van der Waals surface area contributed by atoms with Gasteiger partial charge in [-0.1, -0.05) is 55.1 Å². The van der Waals surface area contributed by atoms with Crippen LogP contribution in [0.25, 0.3) is 15.9 Å². The Kier molecular flexibility index (Phi) is 5.85. The van der Waals surface area contributed by atoms with Crippen LogP contribution in [-0.4, -0.2) is 21.2 Å². The van der Waals surface area contributed by atoms with Gasteiger partial charge in [-0.15, -0.1) is 11.3 Å². The van der Waals surface area contributed by atoms with Gasteiger partial charge in [0.15, 0.2) is 5.16 Å². The van der Waals surface area contributed by atoms with Gasteiger partial charge in [0.2, 0.25) is 5.91 Å². The molecule has 0 bridgehead atoms. The molecule has 0 fully saturated rings. The molecule has 1 atom stereocenters. The number of para-hydroxylation sites is 2. The summed E-state index contributed by atoms with van der Waals surface area (Å²) in [5.41, 5.74) is 2.65. The van der Waals surface area contributed by atoms with Crippen LogP contribution in [0.3, 0.4) is 0 Å². The van der Waals surface area contributed by atoms with Gasteiger partial charge < -0.3 is 5.32 Å². The second-order valence-corrected chi connectivity index (χ2v) is 10.1. The highest BCUT2D eigenvalue weighted by atomic mass is 32.2. The van der Waals surface area contributed by atoms with Crippen LogP contribution < -0.4 is 10.9 Å². The molecule has 7 heteroatoms. The lowest BCUT2D eigenvalue weighted by Gasteiger charge is -2.17. The lowest BCUT2D eigenvalue weighted by atomic mass is 9.89. The fraction of sp³-hybridized carbons (Fsp3) is 0.240. The zero-order valence-electron chi connectivity index (χ0n) is 17.7. The van der Waals surface area contributed by atoms with Gasteiger partial charge in [0.25, 0.3) is 5.56 Å². The Balaban J connectivity index is 1.53. The molecular formula is C25H23N3O2S2. The summed E-state index contributed by atoms with van der Waals surface area (Å²) >= 11 is 2.93. The van der Waals surface area contributed by atoms with E-state index >= 15 is 0 Å². The van der Waals surface area contributed by atoms with Crippen LogP contribution in [0.1, 0.15) is 23.8 Å². The molecular weight excluding hydrogens is 438 g/mol. The number of nitrogens with zero attached hydrogens (tertiary/aromatic N) is 2. The number of fused-ring (bicyclic) bond motifs is 3. The Labute approximate surface area is 194 Å². The molecule has 1 aliphatic carbocycles. The number of thiophene rings is 1. The summed E-state index contributed by atoms with van der Waals surface area (Å²) in [5, 5.41) is 4.19. The number of aryl methyl sites for hydroxylation is 1. The summed E-state index contributed by atoms with van der Waals surface area (Å²) in [6.07, 6.45) is 3.02. The maximum absolute atomic E-state index is 13.7. The van der Waals surface area contributed by atoms with Crippen LogP contribution in [0.4, 0.5) is 5.69 Å². The second kappa shape index (κ2) is 8.92. The van der Waals surface area contributed by atoms with Gasteiger partial charge in [-0.05, 0) is 55.0 Å². The van der Waals surface area contributed by atoms with Crippen molar-refractivity contribution in [3.8, 4) is 5.69 Å². The van der Waals surface area contributed by atoms with E-state index in [0.717, 1.165) is 40.9 Å². The molecule has 1 amide bonds. The smallest absolute Gasteiger partial charge is 0.267 e. The zero-order valence-corrected chi connectivity index (χ0v) is 19.3. The first-order chi connectivity index (χ1) is 15.6. The monoisotopic (exact) mass is 461 g/mol. The normalized spacial score (nSPS) is 15.5. The highest BCUT2D eigenvalue weighted by Crippen LogP contribution is 2.37. The second-order valence-electron chi connectivity index (χ2n) is 8.11. The number of aromatic nitrogens is 2. The van der Waals surface area contributed by atoms with E-state index in [9.17, 15) is 9.59 Å². The number of nitrogens with one attached hydrogen (secondary N) is 1. The number of thioether (sulfide) groups is 1. The van der Waals surface area contributed by atoms with Gasteiger partial charge in [0.1, 0.15) is 4.83 Å². The molecule has 1 unspecified atom stereocenters. The van der Waals surface area contributed by atoms with E-state index in [2.05, 4.69) is 12.2 Å². The van der Waals surface area contributed by atoms with Gasteiger partial charge in [0.05, 0.1) is 16.8 Å². The van der Waals surface area contributed by atoms with E-state index < -0.39 is 0 Å². The highest BCUT2D eigenvalue weighted by Gasteiger charge is 2.25.